The van der Waals surface area contributed by atoms with E-state index in [1.165, 1.54) is 0 Å². The first-order chi connectivity index (χ1) is 17.5. The van der Waals surface area contributed by atoms with E-state index in [-0.39, 0.29) is 24.2 Å². The van der Waals surface area contributed by atoms with Crippen molar-refractivity contribution in [2.75, 3.05) is 24.3 Å². The highest BCUT2D eigenvalue weighted by atomic mass is 16.2. The Kier molecular flexibility index (Phi) is 8.56. The molecule has 0 aromatic heterocycles. The highest BCUT2D eigenvalue weighted by Crippen LogP contribution is 2.29. The second kappa shape index (κ2) is 12.2. The maximum Gasteiger partial charge on any atom is 0.247 e. The number of carbonyl (C=O) groups excluding carboxylic acids is 2. The summed E-state index contributed by atoms with van der Waals surface area (Å²) < 4.78 is 0. The van der Waals surface area contributed by atoms with Gasteiger partial charge in [0.2, 0.25) is 11.8 Å². The van der Waals surface area contributed by atoms with Gasteiger partial charge in [-0.2, -0.15) is 0 Å². The van der Waals surface area contributed by atoms with Crippen molar-refractivity contribution in [2.45, 2.75) is 38.3 Å². The van der Waals surface area contributed by atoms with Gasteiger partial charge < -0.3 is 15.1 Å². The number of hydrogen-bond acceptors (Lipinski definition) is 3. The standard InChI is InChI=1S/C31H35N3O2/c1-33(2)28-20-18-27(19-21-28)32-31(36)30(26-16-10-5-11-17-26)34(23-25-14-8-4-9-15-25)29(35)22-24-12-6-3-7-13-24/h3-10,12-15,18-21,26,30H,11,16-17,22-23H2,1-2H3,(H,32,36). The van der Waals surface area contributed by atoms with Crippen molar-refractivity contribution in [1.29, 1.82) is 0 Å². The lowest BCUT2D eigenvalue weighted by Gasteiger charge is -2.37. The Morgan fingerprint density at radius 3 is 2.08 bits per heavy atom. The fourth-order valence-electron chi connectivity index (χ4n) is 4.77. The van der Waals surface area contributed by atoms with Gasteiger partial charge in [0, 0.05) is 32.0 Å². The van der Waals surface area contributed by atoms with Crippen molar-refractivity contribution in [3.63, 3.8) is 0 Å². The van der Waals surface area contributed by atoms with Crippen molar-refractivity contribution < 1.29 is 9.59 Å². The fraction of sp³-hybridized carbons (Fsp3) is 0.290. The van der Waals surface area contributed by atoms with Gasteiger partial charge in [0.05, 0.1) is 6.42 Å². The van der Waals surface area contributed by atoms with Gasteiger partial charge in [-0.25, -0.2) is 0 Å². The summed E-state index contributed by atoms with van der Waals surface area (Å²) in [5, 5.41) is 3.12. The van der Waals surface area contributed by atoms with E-state index >= 15 is 0 Å². The molecule has 0 saturated carbocycles. The third-order valence-corrected chi connectivity index (χ3v) is 6.73. The van der Waals surface area contributed by atoms with E-state index in [1.54, 1.807) is 4.90 Å². The molecule has 36 heavy (non-hydrogen) atoms. The highest BCUT2D eigenvalue weighted by molar-refractivity contribution is 5.97. The number of allylic oxidation sites excluding steroid dienone is 2. The zero-order chi connectivity index (χ0) is 25.3. The largest absolute Gasteiger partial charge is 0.378 e. The molecule has 5 heteroatoms. The SMILES string of the molecule is CN(C)c1ccc(NC(=O)C(C2CC=CCC2)N(Cc2ccccc2)C(=O)Cc2ccccc2)cc1. The van der Waals surface area contributed by atoms with Crippen molar-refractivity contribution >= 4 is 23.2 Å². The molecular weight excluding hydrogens is 446 g/mol. The molecule has 4 rings (SSSR count). The van der Waals surface area contributed by atoms with E-state index in [0.29, 0.717) is 6.54 Å². The molecule has 0 heterocycles. The van der Waals surface area contributed by atoms with Crippen LogP contribution in [-0.4, -0.2) is 36.9 Å². The van der Waals surface area contributed by atoms with Crippen molar-refractivity contribution in [3.05, 3.63) is 108 Å². The van der Waals surface area contributed by atoms with Crippen molar-refractivity contribution in [1.82, 2.24) is 4.90 Å². The fourth-order valence-corrected chi connectivity index (χ4v) is 4.77. The van der Waals surface area contributed by atoms with Crippen LogP contribution in [0.5, 0.6) is 0 Å². The summed E-state index contributed by atoms with van der Waals surface area (Å²) in [6, 6.07) is 26.9. The van der Waals surface area contributed by atoms with Crippen LogP contribution in [0.1, 0.15) is 30.4 Å². The third-order valence-electron chi connectivity index (χ3n) is 6.73. The van der Waals surface area contributed by atoms with Crippen molar-refractivity contribution in [3.8, 4) is 0 Å². The van der Waals surface area contributed by atoms with Gasteiger partial charge in [0.25, 0.3) is 0 Å². The minimum atomic E-state index is -0.570. The number of carbonyl (C=O) groups is 2. The normalized spacial score (nSPS) is 15.7. The molecule has 3 aromatic carbocycles. The smallest absolute Gasteiger partial charge is 0.247 e. The van der Waals surface area contributed by atoms with E-state index in [4.69, 9.17) is 0 Å². The van der Waals surface area contributed by atoms with E-state index in [9.17, 15) is 9.59 Å². The predicted octanol–water partition coefficient (Wildman–Crippen LogP) is 5.69. The molecule has 3 aromatic rings. The van der Waals surface area contributed by atoms with Gasteiger partial charge in [0.1, 0.15) is 6.04 Å². The quantitative estimate of drug-likeness (QED) is 0.400. The molecule has 0 spiro atoms. The average Bonchev–Trinajstić information content (AvgIpc) is 2.90. The lowest BCUT2D eigenvalue weighted by Crippen LogP contribution is -2.51. The molecule has 0 fully saturated rings. The molecule has 2 amide bonds. The van der Waals surface area contributed by atoms with E-state index in [1.807, 2.05) is 104 Å². The van der Waals surface area contributed by atoms with Gasteiger partial charge in [-0.1, -0.05) is 72.8 Å². The van der Waals surface area contributed by atoms with Crippen LogP contribution in [0, 0.1) is 5.92 Å². The number of benzene rings is 3. The van der Waals surface area contributed by atoms with Crippen LogP contribution >= 0.6 is 0 Å². The molecule has 2 unspecified atom stereocenters. The number of amides is 2. The Labute approximate surface area is 214 Å². The Balaban J connectivity index is 1.65. The Hall–Kier alpha value is -3.86. The number of anilines is 2. The summed E-state index contributed by atoms with van der Waals surface area (Å²) >= 11 is 0. The number of rotatable bonds is 9. The molecule has 186 valence electrons. The van der Waals surface area contributed by atoms with E-state index in [2.05, 4.69) is 17.5 Å². The second-order valence-corrected chi connectivity index (χ2v) is 9.59. The summed E-state index contributed by atoms with van der Waals surface area (Å²) in [7, 11) is 3.97. The molecule has 5 nitrogen and oxygen atoms in total. The maximum atomic E-state index is 13.9. The van der Waals surface area contributed by atoms with Gasteiger partial charge in [-0.3, -0.25) is 9.59 Å². The topological polar surface area (TPSA) is 52.7 Å². The zero-order valence-electron chi connectivity index (χ0n) is 21.1. The first-order valence-electron chi connectivity index (χ1n) is 12.6. The van der Waals surface area contributed by atoms with Crippen LogP contribution in [0.2, 0.25) is 0 Å². The summed E-state index contributed by atoms with van der Waals surface area (Å²) in [5.41, 5.74) is 3.75. The van der Waals surface area contributed by atoms with Gasteiger partial charge in [-0.05, 0) is 60.6 Å². The van der Waals surface area contributed by atoms with Crippen LogP contribution in [0.4, 0.5) is 11.4 Å². The Bertz CT molecular complexity index is 1160. The van der Waals surface area contributed by atoms with Crippen LogP contribution < -0.4 is 10.2 Å². The monoisotopic (exact) mass is 481 g/mol. The van der Waals surface area contributed by atoms with Crippen LogP contribution in [0.3, 0.4) is 0 Å². The molecular formula is C31H35N3O2. The molecule has 1 N–H and O–H groups in total. The zero-order valence-corrected chi connectivity index (χ0v) is 21.1. The summed E-state index contributed by atoms with van der Waals surface area (Å²) in [6.45, 7) is 0.393. The molecule has 0 saturated heterocycles. The Morgan fingerprint density at radius 1 is 0.861 bits per heavy atom. The molecule has 0 radical (unpaired) electrons. The van der Waals surface area contributed by atoms with E-state index < -0.39 is 6.04 Å². The molecule has 2 atom stereocenters. The summed E-state index contributed by atoms with van der Waals surface area (Å²) in [6.07, 6.45) is 7.14. The van der Waals surface area contributed by atoms with Crippen molar-refractivity contribution in [2.24, 2.45) is 5.92 Å². The number of hydrogen-bond donors (Lipinski definition) is 1. The second-order valence-electron chi connectivity index (χ2n) is 9.59. The minimum Gasteiger partial charge on any atom is -0.378 e. The maximum absolute atomic E-state index is 13.9. The lowest BCUT2D eigenvalue weighted by atomic mass is 9.85. The minimum absolute atomic E-state index is 0.0392. The number of nitrogens with one attached hydrogen (secondary N) is 1. The average molecular weight is 482 g/mol. The number of nitrogens with zero attached hydrogens (tertiary/aromatic N) is 2. The predicted molar refractivity (Wildman–Crippen MR) is 147 cm³/mol. The Morgan fingerprint density at radius 2 is 1.50 bits per heavy atom. The van der Waals surface area contributed by atoms with Gasteiger partial charge >= 0.3 is 0 Å². The van der Waals surface area contributed by atoms with Gasteiger partial charge in [0.15, 0.2) is 0 Å². The molecule has 0 bridgehead atoms. The van der Waals surface area contributed by atoms with Crippen LogP contribution in [-0.2, 0) is 22.6 Å². The molecule has 1 aliphatic carbocycles. The first-order valence-corrected chi connectivity index (χ1v) is 12.6. The van der Waals surface area contributed by atoms with Crippen LogP contribution in [0.25, 0.3) is 0 Å². The lowest BCUT2D eigenvalue weighted by molar-refractivity contribution is -0.141. The van der Waals surface area contributed by atoms with Crippen LogP contribution in [0.15, 0.2) is 97.1 Å². The first kappa shape index (κ1) is 25.2. The van der Waals surface area contributed by atoms with E-state index in [0.717, 1.165) is 41.8 Å². The summed E-state index contributed by atoms with van der Waals surface area (Å²) in [5.74, 6) is -0.118. The summed E-state index contributed by atoms with van der Waals surface area (Å²) in [4.78, 5) is 31.5. The molecule has 1 aliphatic rings. The highest BCUT2D eigenvalue weighted by Gasteiger charge is 2.36. The third kappa shape index (κ3) is 6.63. The molecule has 0 aliphatic heterocycles. The van der Waals surface area contributed by atoms with Gasteiger partial charge in [-0.15, -0.1) is 0 Å².